The fraction of sp³-hybridized carbons (Fsp3) is 0.541. The van der Waals surface area contributed by atoms with Crippen molar-refractivity contribution in [1.29, 1.82) is 0 Å². The van der Waals surface area contributed by atoms with Gasteiger partial charge in [-0.05, 0) is 81.6 Å². The van der Waals surface area contributed by atoms with Gasteiger partial charge in [-0.15, -0.1) is 15.0 Å². The number of aryl methyl sites for hydroxylation is 1. The molecule has 14 heteroatoms. The van der Waals surface area contributed by atoms with E-state index < -0.39 is 11.3 Å². The molecule has 4 saturated carbocycles. The molecule has 14 nitrogen and oxygen atoms in total. The standard InChI is InChI=1S/C37H42N8O6/c1-20-14-35(8-11-43(12-9-35)34(49)26-30(47)21(2)15-39-33(26)51-4)27-29(20)44(16-24(46)40-37-17-36(18-37,19-37)22-5-6-22)32-28(31(27)48)41-45(42-32)23-7-10-38-25(13-23)50-3/h7,10,13,15,20,22H,5-6,8-9,11-12,14,16-19H2,1-4H3,(H,39,47)(H,40,46)/t20-,36?,37?/m0/s1. The Hall–Kier alpha value is -5.01. The van der Waals surface area contributed by atoms with Gasteiger partial charge in [0.15, 0.2) is 11.2 Å². The summed E-state index contributed by atoms with van der Waals surface area (Å²) in [7, 11) is 2.95. The van der Waals surface area contributed by atoms with Crippen molar-refractivity contribution in [1.82, 2.24) is 39.7 Å². The van der Waals surface area contributed by atoms with Crippen molar-refractivity contribution >= 4 is 23.0 Å². The van der Waals surface area contributed by atoms with Gasteiger partial charge in [-0.2, -0.15) is 0 Å². The summed E-state index contributed by atoms with van der Waals surface area (Å²) in [5, 5.41) is 12.9. The fourth-order valence-corrected chi connectivity index (χ4v) is 10.2. The van der Waals surface area contributed by atoms with Crippen molar-refractivity contribution in [2.75, 3.05) is 27.3 Å². The SMILES string of the molecule is COc1cc(-n2nc3c(=O)c4c(n(CC(=O)NC56CC(C7CC7)(C5)C6)c3n2)[C@@H](C)CC42CCN(C(=O)c3c(OC)[nH]cc(C)c3=O)CC2)ccn1. The molecule has 2 bridgehead atoms. The van der Waals surface area contributed by atoms with Crippen LogP contribution in [0.2, 0.25) is 0 Å². The summed E-state index contributed by atoms with van der Waals surface area (Å²) >= 11 is 0. The molecule has 0 unspecified atom stereocenters. The van der Waals surface area contributed by atoms with Crippen LogP contribution < -0.4 is 25.6 Å². The molecule has 4 aromatic rings. The van der Waals surface area contributed by atoms with Crippen LogP contribution in [0.5, 0.6) is 11.8 Å². The van der Waals surface area contributed by atoms with Crippen LogP contribution >= 0.6 is 0 Å². The van der Waals surface area contributed by atoms with Gasteiger partial charge in [0.25, 0.3) is 5.91 Å². The first-order valence-corrected chi connectivity index (χ1v) is 17.9. The summed E-state index contributed by atoms with van der Waals surface area (Å²) in [6.07, 6.45) is 10.7. The molecule has 5 heterocycles. The minimum Gasteiger partial charge on any atom is -0.482 e. The van der Waals surface area contributed by atoms with Gasteiger partial charge in [0, 0.05) is 59.3 Å². The van der Waals surface area contributed by atoms with E-state index in [1.54, 1.807) is 30.2 Å². The van der Waals surface area contributed by atoms with Crippen LogP contribution in [0.4, 0.5) is 0 Å². The number of pyridine rings is 3. The highest BCUT2D eigenvalue weighted by Crippen LogP contribution is 2.75. The lowest BCUT2D eigenvalue weighted by Crippen LogP contribution is -2.75. The van der Waals surface area contributed by atoms with Crippen molar-refractivity contribution in [2.45, 2.75) is 88.6 Å². The van der Waals surface area contributed by atoms with Crippen molar-refractivity contribution in [3.63, 3.8) is 0 Å². The number of methoxy groups -OCH3 is 2. The van der Waals surface area contributed by atoms with Crippen LogP contribution in [0.25, 0.3) is 16.9 Å². The number of aromatic amines is 1. The Labute approximate surface area is 293 Å². The Balaban J connectivity index is 1.08. The van der Waals surface area contributed by atoms with E-state index in [0.717, 1.165) is 30.9 Å². The van der Waals surface area contributed by atoms with E-state index in [4.69, 9.17) is 19.7 Å². The molecule has 51 heavy (non-hydrogen) atoms. The van der Waals surface area contributed by atoms with Crippen molar-refractivity contribution in [2.24, 2.45) is 11.3 Å². The Morgan fingerprint density at radius 1 is 1.06 bits per heavy atom. The molecule has 1 atom stereocenters. The van der Waals surface area contributed by atoms with Crippen LogP contribution in [0.1, 0.15) is 91.4 Å². The maximum absolute atomic E-state index is 14.6. The Morgan fingerprint density at radius 2 is 1.80 bits per heavy atom. The second kappa shape index (κ2) is 11.0. The second-order valence-electron chi connectivity index (χ2n) is 15.8. The molecule has 5 fully saturated rings. The predicted octanol–water partition coefficient (Wildman–Crippen LogP) is 3.12. The highest BCUT2D eigenvalue weighted by Gasteiger charge is 2.72. The number of carbonyl (C=O) groups excluding carboxylic acids is 2. The summed E-state index contributed by atoms with van der Waals surface area (Å²) in [6, 6.07) is 3.43. The molecular weight excluding hydrogens is 652 g/mol. The van der Waals surface area contributed by atoms with Gasteiger partial charge in [0.1, 0.15) is 12.1 Å². The molecule has 2 N–H and O–H groups in total. The van der Waals surface area contributed by atoms with E-state index in [1.165, 1.54) is 38.1 Å². The number of hydrogen-bond acceptors (Lipinski definition) is 9. The zero-order valence-electron chi connectivity index (χ0n) is 29.4. The topological polar surface area (TPSA) is 166 Å². The zero-order valence-corrected chi connectivity index (χ0v) is 29.4. The number of nitrogens with one attached hydrogen (secondary N) is 2. The van der Waals surface area contributed by atoms with Gasteiger partial charge < -0.3 is 29.2 Å². The van der Waals surface area contributed by atoms with E-state index in [2.05, 4.69) is 22.2 Å². The number of likely N-dealkylation sites (tertiary alicyclic amines) is 1. The lowest BCUT2D eigenvalue weighted by molar-refractivity contribution is -0.176. The van der Waals surface area contributed by atoms with Gasteiger partial charge in [0.05, 0.1) is 19.9 Å². The number of piperidine rings is 1. The highest BCUT2D eigenvalue weighted by atomic mass is 16.5. The zero-order chi connectivity index (χ0) is 35.4. The number of fused-ring (bicyclic) bond motifs is 3. The van der Waals surface area contributed by atoms with Crippen LogP contribution in [0.3, 0.4) is 0 Å². The van der Waals surface area contributed by atoms with Crippen molar-refractivity contribution < 1.29 is 19.1 Å². The van der Waals surface area contributed by atoms with Crippen LogP contribution in [-0.2, 0) is 16.8 Å². The lowest BCUT2D eigenvalue weighted by Gasteiger charge is -2.71. The fourth-order valence-electron chi connectivity index (χ4n) is 10.2. The monoisotopic (exact) mass is 694 g/mol. The summed E-state index contributed by atoms with van der Waals surface area (Å²) in [5.74, 6) is 0.820. The second-order valence-corrected chi connectivity index (χ2v) is 15.8. The molecule has 2 amide bonds. The molecular formula is C37H42N8O6. The lowest BCUT2D eigenvalue weighted by atomic mass is 9.37. The number of carbonyl (C=O) groups is 2. The molecule has 5 aliphatic carbocycles. The molecule has 266 valence electrons. The molecule has 6 aliphatic rings. The molecule has 1 saturated heterocycles. The van der Waals surface area contributed by atoms with E-state index >= 15 is 0 Å². The number of amides is 2. The average molecular weight is 695 g/mol. The predicted molar refractivity (Wildman–Crippen MR) is 186 cm³/mol. The number of aromatic nitrogens is 6. The number of H-pyrrole nitrogens is 1. The maximum atomic E-state index is 14.6. The normalized spacial score (nSPS) is 25.6. The summed E-state index contributed by atoms with van der Waals surface area (Å²) in [6.45, 7) is 4.49. The minimum atomic E-state index is -0.535. The van der Waals surface area contributed by atoms with Gasteiger partial charge >= 0.3 is 0 Å². The molecule has 0 radical (unpaired) electrons. The number of ether oxygens (including phenoxy) is 2. The molecule has 10 rings (SSSR count). The summed E-state index contributed by atoms with van der Waals surface area (Å²) in [4.78, 5) is 65.5. The van der Waals surface area contributed by atoms with Crippen molar-refractivity contribution in [3.8, 4) is 17.4 Å². The molecule has 4 aromatic heterocycles. The van der Waals surface area contributed by atoms with E-state index in [9.17, 15) is 19.2 Å². The Kier molecular flexibility index (Phi) is 6.88. The first kappa shape index (κ1) is 31.9. The first-order chi connectivity index (χ1) is 24.5. The molecule has 0 aromatic carbocycles. The van der Waals surface area contributed by atoms with Crippen molar-refractivity contribution in [3.05, 3.63) is 67.4 Å². The third kappa shape index (κ3) is 4.70. The van der Waals surface area contributed by atoms with Gasteiger partial charge in [-0.3, -0.25) is 19.2 Å². The van der Waals surface area contributed by atoms with Crippen LogP contribution in [-0.4, -0.2) is 79.1 Å². The van der Waals surface area contributed by atoms with E-state index in [-0.39, 0.29) is 51.7 Å². The Morgan fingerprint density at radius 3 is 2.49 bits per heavy atom. The van der Waals surface area contributed by atoms with Gasteiger partial charge in [-0.25, -0.2) is 4.98 Å². The van der Waals surface area contributed by atoms with Crippen LogP contribution in [0.15, 0.2) is 34.1 Å². The largest absolute Gasteiger partial charge is 0.482 e. The number of nitrogens with zero attached hydrogens (tertiary/aromatic N) is 6. The van der Waals surface area contributed by atoms with Crippen LogP contribution in [0, 0.1) is 18.3 Å². The maximum Gasteiger partial charge on any atom is 0.263 e. The third-order valence-corrected chi connectivity index (χ3v) is 12.6. The third-order valence-electron chi connectivity index (χ3n) is 12.6. The van der Waals surface area contributed by atoms with Gasteiger partial charge in [-0.1, -0.05) is 6.92 Å². The first-order valence-electron chi connectivity index (χ1n) is 17.9. The highest BCUT2D eigenvalue weighted by molar-refractivity contribution is 5.96. The number of rotatable bonds is 8. The van der Waals surface area contributed by atoms with Gasteiger partial charge in [0.2, 0.25) is 28.5 Å². The molecule has 1 aliphatic heterocycles. The smallest absolute Gasteiger partial charge is 0.263 e. The number of hydrogen-bond donors (Lipinski definition) is 2. The van der Waals surface area contributed by atoms with E-state index in [0.29, 0.717) is 66.1 Å². The Bertz CT molecular complexity index is 2240. The summed E-state index contributed by atoms with van der Waals surface area (Å²) in [5.41, 5.74) is 2.24. The average Bonchev–Trinajstić information content (AvgIpc) is 3.76. The summed E-state index contributed by atoms with van der Waals surface area (Å²) < 4.78 is 12.6. The minimum absolute atomic E-state index is 0.0140. The quantitative estimate of drug-likeness (QED) is 0.282. The van der Waals surface area contributed by atoms with E-state index in [1.807, 2.05) is 4.57 Å². The molecule has 1 spiro atoms.